The Morgan fingerprint density at radius 2 is 0.529 bits per heavy atom. The first-order chi connectivity index (χ1) is 49.7. The highest BCUT2D eigenvalue weighted by molar-refractivity contribution is 7.47. The molecule has 0 aromatic carbocycles. The van der Waals surface area contributed by atoms with E-state index in [0.29, 0.717) is 32.1 Å². The number of hydrogen-bond acceptors (Lipinski definition) is 15. The van der Waals surface area contributed by atoms with Gasteiger partial charge >= 0.3 is 39.5 Å². The van der Waals surface area contributed by atoms with Gasteiger partial charge in [0.2, 0.25) is 0 Å². The van der Waals surface area contributed by atoms with Crippen LogP contribution < -0.4 is 0 Å². The second-order valence-corrected chi connectivity index (χ2v) is 29.2. The zero-order valence-corrected chi connectivity index (χ0v) is 65.8. The first kappa shape index (κ1) is 97.5. The largest absolute Gasteiger partial charge is 0.472 e. The molecule has 0 bridgehead atoms. The Labute approximate surface area is 619 Å². The highest BCUT2D eigenvalue weighted by atomic mass is 31.2. The third kappa shape index (κ3) is 73.8. The molecule has 0 amide bonds. The van der Waals surface area contributed by atoms with Gasteiger partial charge in [-0.1, -0.05) is 297 Å². The van der Waals surface area contributed by atoms with Gasteiger partial charge in [0.05, 0.1) is 26.4 Å². The molecular weight excluding hydrogens is 1330 g/mol. The zero-order valence-electron chi connectivity index (χ0n) is 64.0. The van der Waals surface area contributed by atoms with Crippen molar-refractivity contribution in [2.75, 3.05) is 39.6 Å². The summed E-state index contributed by atoms with van der Waals surface area (Å²) in [4.78, 5) is 72.9. The summed E-state index contributed by atoms with van der Waals surface area (Å²) in [5.74, 6) is -2.28. The molecule has 0 fully saturated rings. The third-order valence-electron chi connectivity index (χ3n) is 16.4. The van der Waals surface area contributed by atoms with Gasteiger partial charge in [-0.2, -0.15) is 0 Å². The molecule has 0 aromatic rings. The van der Waals surface area contributed by atoms with E-state index in [9.17, 15) is 43.2 Å². The van der Waals surface area contributed by atoms with Crippen LogP contribution in [-0.4, -0.2) is 96.7 Å². The van der Waals surface area contributed by atoms with Crippen molar-refractivity contribution in [3.8, 4) is 0 Å². The van der Waals surface area contributed by atoms with Gasteiger partial charge in [-0.15, -0.1) is 0 Å². The number of esters is 4. The predicted octanol–water partition coefficient (Wildman–Crippen LogP) is 23.1. The third-order valence-corrected chi connectivity index (χ3v) is 18.3. The van der Waals surface area contributed by atoms with Crippen molar-refractivity contribution in [1.29, 1.82) is 0 Å². The SMILES string of the molecule is CC/C=C\C/C=C\C/C=C\C/C=C\C/C=C\C/C=C\CCC(=O)OCC(COP(=O)(O)OCC(O)COP(=O)(O)OCC(COC(=O)CCCCCCC/C=C\CCCCCCCC)OC(=O)CCCCCCCCCCCCC)OC(=O)CCCCCCCCC/C=C\C/C=C\C/C=C\CC. The molecule has 102 heavy (non-hydrogen) atoms. The summed E-state index contributed by atoms with van der Waals surface area (Å²) in [7, 11) is -9.98. The number of ether oxygens (including phenoxy) is 4. The second-order valence-electron chi connectivity index (χ2n) is 26.2. The van der Waals surface area contributed by atoms with Gasteiger partial charge in [0, 0.05) is 25.7 Å². The topological polar surface area (TPSA) is 237 Å². The lowest BCUT2D eigenvalue weighted by Crippen LogP contribution is -2.30. The number of phosphoric ester groups is 2. The molecular formula is C83H142O17P2. The van der Waals surface area contributed by atoms with Crippen LogP contribution in [0, 0.1) is 0 Å². The molecule has 586 valence electrons. The van der Waals surface area contributed by atoms with Crippen LogP contribution in [0.4, 0.5) is 0 Å². The summed E-state index contributed by atoms with van der Waals surface area (Å²) in [5, 5.41) is 10.6. The lowest BCUT2D eigenvalue weighted by Gasteiger charge is -2.21. The zero-order chi connectivity index (χ0) is 74.6. The lowest BCUT2D eigenvalue weighted by molar-refractivity contribution is -0.161. The van der Waals surface area contributed by atoms with Crippen LogP contribution in [-0.2, 0) is 65.4 Å². The van der Waals surface area contributed by atoms with Gasteiger partial charge in [0.1, 0.15) is 19.3 Å². The van der Waals surface area contributed by atoms with E-state index < -0.39 is 97.5 Å². The van der Waals surface area contributed by atoms with Gasteiger partial charge in [-0.25, -0.2) is 9.13 Å². The van der Waals surface area contributed by atoms with E-state index in [1.54, 1.807) is 0 Å². The number of carbonyl (C=O) groups is 4. The molecule has 17 nitrogen and oxygen atoms in total. The number of hydrogen-bond donors (Lipinski definition) is 3. The fourth-order valence-electron chi connectivity index (χ4n) is 10.4. The molecule has 0 saturated carbocycles. The Bertz CT molecular complexity index is 2410. The summed E-state index contributed by atoms with van der Waals surface area (Å²) in [6.07, 6.45) is 82.0. The number of aliphatic hydroxyl groups excluding tert-OH is 1. The Balaban J connectivity index is 5.41. The molecule has 3 N–H and O–H groups in total. The van der Waals surface area contributed by atoms with Crippen LogP contribution >= 0.6 is 15.6 Å². The maximum Gasteiger partial charge on any atom is 0.472 e. The summed E-state index contributed by atoms with van der Waals surface area (Å²) in [5.41, 5.74) is 0. The van der Waals surface area contributed by atoms with E-state index in [4.69, 9.17) is 37.0 Å². The van der Waals surface area contributed by atoms with Crippen LogP contribution in [0.25, 0.3) is 0 Å². The minimum absolute atomic E-state index is 0.0319. The number of aliphatic hydroxyl groups is 1. The van der Waals surface area contributed by atoms with Gasteiger partial charge in [0.15, 0.2) is 12.2 Å². The molecule has 0 rings (SSSR count). The molecule has 0 aliphatic carbocycles. The molecule has 0 heterocycles. The van der Waals surface area contributed by atoms with E-state index in [1.165, 1.54) is 77.0 Å². The van der Waals surface area contributed by atoms with Crippen LogP contribution in [0.15, 0.2) is 122 Å². The lowest BCUT2D eigenvalue weighted by atomic mass is 10.1. The molecule has 0 saturated heterocycles. The summed E-state index contributed by atoms with van der Waals surface area (Å²) >= 11 is 0. The fourth-order valence-corrected chi connectivity index (χ4v) is 12.0. The molecule has 0 aliphatic heterocycles. The van der Waals surface area contributed by atoms with E-state index in [-0.39, 0.29) is 25.7 Å². The molecule has 0 aliphatic rings. The van der Waals surface area contributed by atoms with Crippen molar-refractivity contribution in [2.45, 2.75) is 341 Å². The average Bonchev–Trinajstić information content (AvgIpc) is 0.921. The number of allylic oxidation sites excluding steroid dienone is 20. The molecule has 0 radical (unpaired) electrons. The van der Waals surface area contributed by atoms with Crippen molar-refractivity contribution in [3.63, 3.8) is 0 Å². The quantitative estimate of drug-likeness (QED) is 0.0169. The van der Waals surface area contributed by atoms with Gasteiger partial charge in [-0.3, -0.25) is 37.3 Å². The Kier molecular flexibility index (Phi) is 71.4. The predicted molar refractivity (Wildman–Crippen MR) is 418 cm³/mol. The minimum atomic E-state index is -5.00. The van der Waals surface area contributed by atoms with E-state index in [1.807, 2.05) is 18.2 Å². The van der Waals surface area contributed by atoms with E-state index in [2.05, 4.69) is 131 Å². The minimum Gasteiger partial charge on any atom is -0.462 e. The normalized spacial score (nSPS) is 14.5. The standard InChI is InChI=1S/C83H142O17P2/c1-5-9-13-17-21-25-29-32-35-37-38-40-42-45-49-52-56-60-64-68-81(86)94-74-79(100-83(88)70-66-62-58-54-50-46-43-39-36-33-30-26-22-18-14-10-6-2)76-98-102(91,92)96-72-77(84)71-95-101(89,90)97-75-78(99-82(87)69-65-61-57-53-47-28-24-20-16-12-8-4)73-93-80(85)67-63-59-55-51-48-44-41-34-31-27-23-19-15-11-7-3/h9-10,13-14,21-22,25-26,32-36,38,40-41,45,49,56,60,77-79,84H,5-8,11-12,15-20,23-24,27-31,37,39,42-44,46-48,50-55,57-59,61-76H2,1-4H3,(H,89,90)(H,91,92)/b13-9-,14-10-,25-21-,26-22-,35-32-,36-33-,40-38-,41-34-,49-45-,60-56-. The summed E-state index contributed by atoms with van der Waals surface area (Å²) in [6, 6.07) is 0. The summed E-state index contributed by atoms with van der Waals surface area (Å²) in [6.45, 7) is 4.56. The molecule has 0 aromatic heterocycles. The Morgan fingerprint density at radius 1 is 0.284 bits per heavy atom. The maximum absolute atomic E-state index is 13.1. The smallest absolute Gasteiger partial charge is 0.462 e. The second kappa shape index (κ2) is 74.7. The summed E-state index contributed by atoms with van der Waals surface area (Å²) < 4.78 is 68.5. The Morgan fingerprint density at radius 3 is 0.853 bits per heavy atom. The Hall–Kier alpha value is -4.54. The van der Waals surface area contributed by atoms with E-state index in [0.717, 1.165) is 161 Å². The van der Waals surface area contributed by atoms with Crippen molar-refractivity contribution >= 4 is 39.5 Å². The highest BCUT2D eigenvalue weighted by Crippen LogP contribution is 2.45. The number of unbranched alkanes of at least 4 members (excludes halogenated alkanes) is 28. The molecule has 19 heteroatoms. The molecule has 5 unspecified atom stereocenters. The monoisotopic (exact) mass is 1470 g/mol. The average molecular weight is 1470 g/mol. The van der Waals surface area contributed by atoms with Gasteiger partial charge in [-0.05, 0) is 122 Å². The van der Waals surface area contributed by atoms with Gasteiger partial charge < -0.3 is 33.8 Å². The maximum atomic E-state index is 13.1. The van der Waals surface area contributed by atoms with Crippen LogP contribution in [0.3, 0.4) is 0 Å². The molecule has 5 atom stereocenters. The van der Waals surface area contributed by atoms with Gasteiger partial charge in [0.25, 0.3) is 0 Å². The van der Waals surface area contributed by atoms with Crippen LogP contribution in [0.2, 0.25) is 0 Å². The van der Waals surface area contributed by atoms with E-state index >= 15 is 0 Å². The molecule has 0 spiro atoms. The van der Waals surface area contributed by atoms with Crippen LogP contribution in [0.5, 0.6) is 0 Å². The first-order valence-corrected chi connectivity index (χ1v) is 42.8. The van der Waals surface area contributed by atoms with Crippen molar-refractivity contribution < 1.29 is 80.2 Å². The first-order valence-electron chi connectivity index (χ1n) is 39.8. The van der Waals surface area contributed by atoms with Crippen molar-refractivity contribution in [3.05, 3.63) is 122 Å². The van der Waals surface area contributed by atoms with Crippen LogP contribution in [0.1, 0.15) is 323 Å². The highest BCUT2D eigenvalue weighted by Gasteiger charge is 2.30. The number of phosphoric acid groups is 2. The number of rotatable bonds is 74. The number of carbonyl (C=O) groups excluding carboxylic acids is 4. The van der Waals surface area contributed by atoms with Crippen molar-refractivity contribution in [2.24, 2.45) is 0 Å². The van der Waals surface area contributed by atoms with Crippen molar-refractivity contribution in [1.82, 2.24) is 0 Å². The fraction of sp³-hybridized carbons (Fsp3) is 0.711.